The van der Waals surface area contributed by atoms with Crippen molar-refractivity contribution in [3.63, 3.8) is 0 Å². The van der Waals surface area contributed by atoms with Crippen molar-refractivity contribution >= 4 is 41.0 Å². The highest BCUT2D eigenvalue weighted by Crippen LogP contribution is 2.64. The third-order valence-corrected chi connectivity index (χ3v) is 3.52. The quantitative estimate of drug-likeness (QED) is 0.442. The Morgan fingerprint density at radius 1 is 1.29 bits per heavy atom. The summed E-state index contributed by atoms with van der Waals surface area (Å²) in [6.07, 6.45) is 0.287. The molecule has 0 aromatic rings. The molecule has 2 N–H and O–H groups in total. The van der Waals surface area contributed by atoms with Gasteiger partial charge in [0, 0.05) is 13.3 Å². The number of hydrogen-bond acceptors (Lipinski definition) is 4. The maximum absolute atomic E-state index is 11.5. The molecule has 1 saturated carbocycles. The van der Waals surface area contributed by atoms with E-state index in [2.05, 4.69) is 5.43 Å². The number of hydrogen-bond donors (Lipinski definition) is 2. The Balaban J connectivity index is 2.30. The molecule has 96 valence electrons. The van der Waals surface area contributed by atoms with E-state index >= 15 is 0 Å². The normalized spacial score (nSPS) is 24.7. The summed E-state index contributed by atoms with van der Waals surface area (Å²) in [7, 11) is 0. The van der Waals surface area contributed by atoms with Crippen LogP contribution in [0.5, 0.6) is 0 Å². The van der Waals surface area contributed by atoms with Gasteiger partial charge in [-0.05, 0) is 6.92 Å². The fourth-order valence-corrected chi connectivity index (χ4v) is 1.79. The molecule has 1 atom stereocenters. The summed E-state index contributed by atoms with van der Waals surface area (Å²) in [6.45, 7) is 2.28. The van der Waals surface area contributed by atoms with E-state index in [9.17, 15) is 14.4 Å². The molecule has 17 heavy (non-hydrogen) atoms. The van der Waals surface area contributed by atoms with E-state index in [4.69, 9.17) is 27.9 Å². The third-order valence-electron chi connectivity index (χ3n) is 2.42. The van der Waals surface area contributed by atoms with E-state index in [-0.39, 0.29) is 6.42 Å². The molecular formula is C9H12Cl2N2O4. The average Bonchev–Trinajstić information content (AvgIpc) is 2.73. The van der Waals surface area contributed by atoms with Gasteiger partial charge in [0.2, 0.25) is 5.91 Å². The maximum atomic E-state index is 11.5. The van der Waals surface area contributed by atoms with Crippen LogP contribution in [0.2, 0.25) is 0 Å². The van der Waals surface area contributed by atoms with Crippen LogP contribution >= 0.6 is 23.2 Å². The lowest BCUT2D eigenvalue weighted by molar-refractivity contribution is -0.153. The number of halogens is 2. The monoisotopic (exact) mass is 282 g/mol. The average molecular weight is 283 g/mol. The minimum atomic E-state index is -1.13. The second kappa shape index (κ2) is 4.70. The molecule has 8 heteroatoms. The minimum Gasteiger partial charge on any atom is -0.455 e. The number of nitrogens with one attached hydrogen (secondary N) is 2. The van der Waals surface area contributed by atoms with Gasteiger partial charge < -0.3 is 4.74 Å². The fourth-order valence-electron chi connectivity index (χ4n) is 1.11. The molecule has 1 rings (SSSR count). The van der Waals surface area contributed by atoms with Crippen molar-refractivity contribution in [2.45, 2.75) is 24.6 Å². The SMILES string of the molecule is CC(=O)NNC(=O)COC(=O)[C@@]1(C)CC1(Cl)Cl. The molecule has 0 heterocycles. The van der Waals surface area contributed by atoms with Crippen LogP contribution in [0.4, 0.5) is 0 Å². The number of amides is 2. The van der Waals surface area contributed by atoms with E-state index < -0.39 is 34.1 Å². The number of carbonyl (C=O) groups is 3. The lowest BCUT2D eigenvalue weighted by Gasteiger charge is -2.11. The summed E-state index contributed by atoms with van der Waals surface area (Å²) in [6, 6.07) is 0. The van der Waals surface area contributed by atoms with E-state index in [1.807, 2.05) is 5.43 Å². The van der Waals surface area contributed by atoms with Crippen LogP contribution in [-0.2, 0) is 19.1 Å². The maximum Gasteiger partial charge on any atom is 0.315 e. The van der Waals surface area contributed by atoms with Gasteiger partial charge in [-0.25, -0.2) is 0 Å². The van der Waals surface area contributed by atoms with Crippen molar-refractivity contribution in [2.24, 2.45) is 5.41 Å². The van der Waals surface area contributed by atoms with E-state index in [0.717, 1.165) is 0 Å². The standard InChI is InChI=1S/C9H12Cl2N2O4/c1-5(14)12-13-6(15)3-17-7(16)8(2)4-9(8,10)11/h3-4H2,1-2H3,(H,12,14)(H,13,15)/t8-/m1/s1. The summed E-state index contributed by atoms with van der Waals surface area (Å²) >= 11 is 11.5. The van der Waals surface area contributed by atoms with Crippen LogP contribution in [0.3, 0.4) is 0 Å². The van der Waals surface area contributed by atoms with Crippen molar-refractivity contribution in [1.29, 1.82) is 0 Å². The summed E-state index contributed by atoms with van der Waals surface area (Å²) < 4.78 is 3.60. The molecule has 0 aromatic carbocycles. The first-order chi connectivity index (χ1) is 7.69. The molecule has 6 nitrogen and oxygen atoms in total. The number of alkyl halides is 2. The molecular weight excluding hydrogens is 271 g/mol. The zero-order chi connectivity index (χ0) is 13.3. The zero-order valence-corrected chi connectivity index (χ0v) is 10.8. The summed E-state index contributed by atoms with van der Waals surface area (Å²) in [5.74, 6) is -1.72. The van der Waals surface area contributed by atoms with Crippen LogP contribution in [0.1, 0.15) is 20.3 Å². The van der Waals surface area contributed by atoms with Crippen LogP contribution in [0.25, 0.3) is 0 Å². The van der Waals surface area contributed by atoms with Gasteiger partial charge in [0.1, 0.15) is 9.75 Å². The van der Waals surface area contributed by atoms with Crippen LogP contribution < -0.4 is 10.9 Å². The Kier molecular flexibility index (Phi) is 3.88. The van der Waals surface area contributed by atoms with Gasteiger partial charge in [0.05, 0.1) is 0 Å². The summed E-state index contributed by atoms with van der Waals surface area (Å²) in [5, 5.41) is 0. The molecule has 0 aromatic heterocycles. The van der Waals surface area contributed by atoms with Crippen molar-refractivity contribution in [2.75, 3.05) is 6.61 Å². The van der Waals surface area contributed by atoms with E-state index in [1.54, 1.807) is 6.92 Å². The zero-order valence-electron chi connectivity index (χ0n) is 9.30. The first kappa shape index (κ1) is 14.1. The first-order valence-electron chi connectivity index (χ1n) is 4.79. The number of esters is 1. The summed E-state index contributed by atoms with van der Waals surface area (Å²) in [4.78, 5) is 33.1. The number of hydrazine groups is 1. The Labute approximate surface area is 108 Å². The Hall–Kier alpha value is -1.01. The number of ether oxygens (including phenoxy) is 1. The van der Waals surface area contributed by atoms with Crippen molar-refractivity contribution in [3.05, 3.63) is 0 Å². The van der Waals surface area contributed by atoms with Gasteiger partial charge in [-0.15, -0.1) is 23.2 Å². The van der Waals surface area contributed by atoms with Crippen LogP contribution in [0.15, 0.2) is 0 Å². The molecule has 1 aliphatic carbocycles. The van der Waals surface area contributed by atoms with Crippen molar-refractivity contribution in [1.82, 2.24) is 10.9 Å². The predicted molar refractivity (Wildman–Crippen MR) is 60.1 cm³/mol. The molecule has 0 spiro atoms. The van der Waals surface area contributed by atoms with Gasteiger partial charge in [-0.2, -0.15) is 0 Å². The van der Waals surface area contributed by atoms with Gasteiger partial charge in [0.15, 0.2) is 6.61 Å². The van der Waals surface area contributed by atoms with Gasteiger partial charge in [-0.3, -0.25) is 25.2 Å². The second-order valence-corrected chi connectivity index (χ2v) is 5.50. The number of rotatable bonds is 3. The molecule has 0 bridgehead atoms. The van der Waals surface area contributed by atoms with Crippen LogP contribution in [0, 0.1) is 5.41 Å². The van der Waals surface area contributed by atoms with Gasteiger partial charge in [-0.1, -0.05) is 0 Å². The Morgan fingerprint density at radius 2 is 1.82 bits per heavy atom. The second-order valence-electron chi connectivity index (χ2n) is 4.02. The first-order valence-corrected chi connectivity index (χ1v) is 5.55. The molecule has 2 amide bonds. The van der Waals surface area contributed by atoms with E-state index in [0.29, 0.717) is 0 Å². The van der Waals surface area contributed by atoms with Crippen molar-refractivity contribution < 1.29 is 19.1 Å². The smallest absolute Gasteiger partial charge is 0.315 e. The van der Waals surface area contributed by atoms with Gasteiger partial charge in [0.25, 0.3) is 5.91 Å². The molecule has 0 saturated heterocycles. The predicted octanol–water partition coefficient (Wildman–Crippen LogP) is 0.281. The fraction of sp³-hybridized carbons (Fsp3) is 0.667. The van der Waals surface area contributed by atoms with Crippen molar-refractivity contribution in [3.8, 4) is 0 Å². The summed E-state index contributed by atoms with van der Waals surface area (Å²) in [5.41, 5.74) is 3.14. The Morgan fingerprint density at radius 3 is 2.24 bits per heavy atom. The molecule has 1 aliphatic rings. The topological polar surface area (TPSA) is 84.5 Å². The highest BCUT2D eigenvalue weighted by Gasteiger charge is 2.69. The molecule has 0 radical (unpaired) electrons. The minimum absolute atomic E-state index is 0.287. The van der Waals surface area contributed by atoms with Crippen LogP contribution in [-0.4, -0.2) is 28.7 Å². The highest BCUT2D eigenvalue weighted by molar-refractivity contribution is 6.53. The Bertz CT molecular complexity index is 372. The largest absolute Gasteiger partial charge is 0.455 e. The third kappa shape index (κ3) is 3.23. The van der Waals surface area contributed by atoms with E-state index in [1.165, 1.54) is 6.92 Å². The lowest BCUT2D eigenvalue weighted by Crippen LogP contribution is -2.42. The highest BCUT2D eigenvalue weighted by atomic mass is 35.5. The molecule has 0 aliphatic heterocycles. The lowest BCUT2D eigenvalue weighted by atomic mass is 10.1. The molecule has 0 unspecified atom stereocenters. The van der Waals surface area contributed by atoms with Gasteiger partial charge >= 0.3 is 5.97 Å². The number of carbonyl (C=O) groups excluding carboxylic acids is 3. The molecule has 1 fully saturated rings.